The van der Waals surface area contributed by atoms with Gasteiger partial charge >= 0.3 is 6.18 Å². The number of piperidine rings is 1. The Morgan fingerprint density at radius 2 is 1.95 bits per heavy atom. The molecule has 0 aliphatic carbocycles. The van der Waals surface area contributed by atoms with Gasteiger partial charge in [-0.15, -0.1) is 0 Å². The van der Waals surface area contributed by atoms with E-state index in [0.717, 1.165) is 38.1 Å². The molecule has 0 unspecified atom stereocenters. The highest BCUT2D eigenvalue weighted by Crippen LogP contribution is 2.35. The standard InChI is InChI=1S/C13H15BrF3NO/c14-11-7-10(13(15,16)17)1-2-12(11)19-8-9-3-5-18-6-4-9/h1-2,7,9,18H,3-6,8H2. The molecule has 0 aromatic heterocycles. The Kier molecular flexibility index (Phi) is 4.73. The van der Waals surface area contributed by atoms with Crippen molar-refractivity contribution >= 4 is 15.9 Å². The zero-order chi connectivity index (χ0) is 13.9. The number of benzene rings is 1. The smallest absolute Gasteiger partial charge is 0.416 e. The molecule has 0 radical (unpaired) electrons. The van der Waals surface area contributed by atoms with E-state index in [1.165, 1.54) is 6.07 Å². The predicted molar refractivity (Wildman–Crippen MR) is 70.2 cm³/mol. The molecule has 1 saturated heterocycles. The van der Waals surface area contributed by atoms with Crippen LogP contribution in [0.25, 0.3) is 0 Å². The minimum Gasteiger partial charge on any atom is -0.492 e. The second-order valence-electron chi connectivity index (χ2n) is 4.65. The minimum absolute atomic E-state index is 0.344. The van der Waals surface area contributed by atoms with Crippen molar-refractivity contribution in [1.29, 1.82) is 0 Å². The summed E-state index contributed by atoms with van der Waals surface area (Å²) in [6.45, 7) is 2.50. The van der Waals surface area contributed by atoms with Crippen LogP contribution in [0.15, 0.2) is 22.7 Å². The Balaban J connectivity index is 1.97. The number of alkyl halides is 3. The van der Waals surface area contributed by atoms with E-state index in [0.29, 0.717) is 22.7 Å². The topological polar surface area (TPSA) is 21.3 Å². The molecule has 0 saturated carbocycles. The summed E-state index contributed by atoms with van der Waals surface area (Å²) < 4.78 is 43.5. The largest absolute Gasteiger partial charge is 0.492 e. The molecule has 1 heterocycles. The van der Waals surface area contributed by atoms with Crippen LogP contribution in [0.4, 0.5) is 13.2 Å². The van der Waals surface area contributed by atoms with Crippen molar-refractivity contribution in [3.63, 3.8) is 0 Å². The third-order valence-electron chi connectivity index (χ3n) is 3.19. The first kappa shape index (κ1) is 14.7. The third-order valence-corrected chi connectivity index (χ3v) is 3.81. The molecule has 19 heavy (non-hydrogen) atoms. The molecule has 6 heteroatoms. The monoisotopic (exact) mass is 337 g/mol. The van der Waals surface area contributed by atoms with Gasteiger partial charge in [-0.2, -0.15) is 13.2 Å². The first-order valence-electron chi connectivity index (χ1n) is 6.17. The van der Waals surface area contributed by atoms with Gasteiger partial charge in [0, 0.05) is 0 Å². The molecule has 1 aromatic carbocycles. The van der Waals surface area contributed by atoms with E-state index in [1.54, 1.807) is 0 Å². The van der Waals surface area contributed by atoms with Gasteiger partial charge in [0.25, 0.3) is 0 Å². The number of hydrogen-bond acceptors (Lipinski definition) is 2. The highest BCUT2D eigenvalue weighted by atomic mass is 79.9. The fraction of sp³-hybridized carbons (Fsp3) is 0.538. The van der Waals surface area contributed by atoms with Crippen molar-refractivity contribution in [2.24, 2.45) is 5.92 Å². The van der Waals surface area contributed by atoms with Crippen molar-refractivity contribution in [3.05, 3.63) is 28.2 Å². The lowest BCUT2D eigenvalue weighted by molar-refractivity contribution is -0.137. The Morgan fingerprint density at radius 1 is 1.26 bits per heavy atom. The molecular formula is C13H15BrF3NO. The van der Waals surface area contributed by atoms with Crippen LogP contribution < -0.4 is 10.1 Å². The second kappa shape index (κ2) is 6.13. The van der Waals surface area contributed by atoms with Crippen LogP contribution in [-0.4, -0.2) is 19.7 Å². The Hall–Kier alpha value is -0.750. The van der Waals surface area contributed by atoms with Gasteiger partial charge in [-0.3, -0.25) is 0 Å². The number of hydrogen-bond donors (Lipinski definition) is 1. The molecule has 2 nitrogen and oxygen atoms in total. The molecule has 0 atom stereocenters. The van der Waals surface area contributed by atoms with E-state index in [4.69, 9.17) is 4.74 Å². The SMILES string of the molecule is FC(F)(F)c1ccc(OCC2CCNCC2)c(Br)c1. The second-order valence-corrected chi connectivity index (χ2v) is 5.50. The van der Waals surface area contributed by atoms with E-state index in [-0.39, 0.29) is 0 Å². The maximum Gasteiger partial charge on any atom is 0.416 e. The zero-order valence-corrected chi connectivity index (χ0v) is 11.9. The average Bonchev–Trinajstić information content (AvgIpc) is 2.37. The zero-order valence-electron chi connectivity index (χ0n) is 10.3. The number of rotatable bonds is 3. The van der Waals surface area contributed by atoms with Crippen LogP contribution in [0.3, 0.4) is 0 Å². The molecule has 0 bridgehead atoms. The lowest BCUT2D eigenvalue weighted by Crippen LogP contribution is -2.30. The van der Waals surface area contributed by atoms with Gasteiger partial charge in [-0.25, -0.2) is 0 Å². The molecular weight excluding hydrogens is 323 g/mol. The summed E-state index contributed by atoms with van der Waals surface area (Å²) in [5.74, 6) is 0.932. The summed E-state index contributed by atoms with van der Waals surface area (Å²) in [6, 6.07) is 3.47. The lowest BCUT2D eigenvalue weighted by atomic mass is 9.99. The van der Waals surface area contributed by atoms with Gasteiger partial charge in [0.15, 0.2) is 0 Å². The maximum atomic E-state index is 12.5. The van der Waals surface area contributed by atoms with Gasteiger partial charge in [-0.1, -0.05) is 0 Å². The average molecular weight is 338 g/mol. The quantitative estimate of drug-likeness (QED) is 0.904. The summed E-state index contributed by atoms with van der Waals surface area (Å²) in [4.78, 5) is 0. The first-order chi connectivity index (χ1) is 8.97. The van der Waals surface area contributed by atoms with Crippen molar-refractivity contribution in [1.82, 2.24) is 5.32 Å². The summed E-state index contributed by atoms with van der Waals surface area (Å²) in [5, 5.41) is 3.26. The number of ether oxygens (including phenoxy) is 1. The minimum atomic E-state index is -4.32. The molecule has 0 amide bonds. The van der Waals surface area contributed by atoms with Crippen LogP contribution in [-0.2, 0) is 6.18 Å². The van der Waals surface area contributed by atoms with Crippen molar-refractivity contribution in [2.45, 2.75) is 19.0 Å². The fourth-order valence-electron chi connectivity index (χ4n) is 2.05. The molecule has 2 rings (SSSR count). The number of nitrogens with one attached hydrogen (secondary N) is 1. The van der Waals surface area contributed by atoms with Gasteiger partial charge in [0.1, 0.15) is 5.75 Å². The third kappa shape index (κ3) is 4.11. The summed E-state index contributed by atoms with van der Waals surface area (Å²) in [7, 11) is 0. The van der Waals surface area contributed by atoms with Crippen LogP contribution in [0.5, 0.6) is 5.75 Å². The maximum absolute atomic E-state index is 12.5. The predicted octanol–water partition coefficient (Wildman–Crippen LogP) is 3.85. The van der Waals surface area contributed by atoms with E-state index in [9.17, 15) is 13.2 Å². The van der Waals surface area contributed by atoms with Crippen LogP contribution >= 0.6 is 15.9 Å². The van der Waals surface area contributed by atoms with Crippen LogP contribution in [0.2, 0.25) is 0 Å². The molecule has 1 aliphatic rings. The Bertz CT molecular complexity index is 430. The van der Waals surface area contributed by atoms with E-state index < -0.39 is 11.7 Å². The van der Waals surface area contributed by atoms with Crippen molar-refractivity contribution in [2.75, 3.05) is 19.7 Å². The van der Waals surface area contributed by atoms with Gasteiger partial charge in [0.05, 0.1) is 16.6 Å². The van der Waals surface area contributed by atoms with E-state index in [2.05, 4.69) is 21.2 Å². The van der Waals surface area contributed by atoms with Gasteiger partial charge in [0.2, 0.25) is 0 Å². The molecule has 0 spiro atoms. The van der Waals surface area contributed by atoms with E-state index >= 15 is 0 Å². The van der Waals surface area contributed by atoms with Crippen molar-refractivity contribution in [3.8, 4) is 5.75 Å². The van der Waals surface area contributed by atoms with Crippen LogP contribution in [0.1, 0.15) is 18.4 Å². The molecule has 106 valence electrons. The van der Waals surface area contributed by atoms with Crippen molar-refractivity contribution < 1.29 is 17.9 Å². The first-order valence-corrected chi connectivity index (χ1v) is 6.96. The summed E-state index contributed by atoms with van der Waals surface area (Å²) in [6.07, 6.45) is -2.24. The van der Waals surface area contributed by atoms with E-state index in [1.807, 2.05) is 0 Å². The molecule has 1 N–H and O–H groups in total. The number of halogens is 4. The highest BCUT2D eigenvalue weighted by Gasteiger charge is 2.31. The molecule has 1 fully saturated rings. The fourth-order valence-corrected chi connectivity index (χ4v) is 2.54. The summed E-state index contributed by atoms with van der Waals surface area (Å²) in [5.41, 5.74) is -0.673. The van der Waals surface area contributed by atoms with Crippen LogP contribution in [0, 0.1) is 5.92 Å². The Labute approximate surface area is 118 Å². The molecule has 1 aliphatic heterocycles. The Morgan fingerprint density at radius 3 is 2.53 bits per heavy atom. The van der Waals surface area contributed by atoms with Gasteiger partial charge in [-0.05, 0) is 66.0 Å². The lowest BCUT2D eigenvalue weighted by Gasteiger charge is -2.23. The summed E-state index contributed by atoms with van der Waals surface area (Å²) >= 11 is 3.13. The molecule has 1 aromatic rings. The van der Waals surface area contributed by atoms with Gasteiger partial charge < -0.3 is 10.1 Å². The highest BCUT2D eigenvalue weighted by molar-refractivity contribution is 9.10. The normalized spacial score (nSPS) is 17.5.